The molecule has 0 spiro atoms. The van der Waals surface area contributed by atoms with Crippen LogP contribution in [0.2, 0.25) is 0 Å². The van der Waals surface area contributed by atoms with E-state index in [0.717, 1.165) is 47.9 Å². The van der Waals surface area contributed by atoms with Crippen molar-refractivity contribution >= 4 is 33.3 Å². The van der Waals surface area contributed by atoms with Crippen molar-refractivity contribution in [2.45, 2.75) is 34.1 Å². The molecule has 2 rings (SSSR count). The average Bonchev–Trinajstić information content (AvgIpc) is 2.99. The minimum absolute atomic E-state index is 0.0162. The number of anilines is 1. The van der Waals surface area contributed by atoms with Gasteiger partial charge in [-0.3, -0.25) is 4.79 Å². The van der Waals surface area contributed by atoms with Crippen molar-refractivity contribution in [2.24, 2.45) is 0 Å². The summed E-state index contributed by atoms with van der Waals surface area (Å²) in [6, 6.07) is 2.11. The average molecular weight is 350 g/mol. The number of aromatic nitrogens is 2. The minimum Gasteiger partial charge on any atom is -0.360 e. The summed E-state index contributed by atoms with van der Waals surface area (Å²) in [4.78, 5) is 25.5. The van der Waals surface area contributed by atoms with Gasteiger partial charge in [0.15, 0.2) is 0 Å². The van der Waals surface area contributed by atoms with Crippen LogP contribution in [0.4, 0.5) is 5.82 Å². The zero-order chi connectivity index (χ0) is 17.5. The predicted molar refractivity (Wildman–Crippen MR) is 101 cm³/mol. The summed E-state index contributed by atoms with van der Waals surface area (Å²) in [5.74, 6) is 1.45. The van der Waals surface area contributed by atoms with E-state index in [1.807, 2.05) is 6.92 Å². The quantitative estimate of drug-likeness (QED) is 0.728. The van der Waals surface area contributed by atoms with Gasteiger partial charge in [0.05, 0.1) is 11.9 Å². The largest absolute Gasteiger partial charge is 0.360 e. The van der Waals surface area contributed by atoms with Crippen molar-refractivity contribution in [3.8, 4) is 0 Å². The monoisotopic (exact) mass is 349 g/mol. The van der Waals surface area contributed by atoms with E-state index in [0.29, 0.717) is 6.54 Å². The number of rotatable bonds is 9. The summed E-state index contributed by atoms with van der Waals surface area (Å²) in [5, 5.41) is 7.11. The lowest BCUT2D eigenvalue weighted by Crippen LogP contribution is -2.37. The van der Waals surface area contributed by atoms with Crippen LogP contribution in [0.25, 0.3) is 10.2 Å². The molecule has 2 aromatic heterocycles. The van der Waals surface area contributed by atoms with Crippen molar-refractivity contribution in [3.63, 3.8) is 0 Å². The van der Waals surface area contributed by atoms with Gasteiger partial charge in [0.25, 0.3) is 0 Å². The molecular formula is C17H27N5OS. The van der Waals surface area contributed by atoms with E-state index < -0.39 is 0 Å². The van der Waals surface area contributed by atoms with Crippen LogP contribution >= 0.6 is 11.3 Å². The van der Waals surface area contributed by atoms with Crippen LogP contribution in [0.1, 0.15) is 31.5 Å². The lowest BCUT2D eigenvalue weighted by Gasteiger charge is -2.18. The summed E-state index contributed by atoms with van der Waals surface area (Å²) < 4.78 is 0. The zero-order valence-corrected chi connectivity index (χ0v) is 15.8. The standard InChI is InChI=1S/C17H27N5OS/c1-5-13-10-14-16(20-12(4)21-17(14)24-13)19-11-15(23)18-8-9-22(6-2)7-3/h10H,5-9,11H2,1-4H3,(H,18,23)(H,19,20,21). The van der Waals surface area contributed by atoms with Gasteiger partial charge in [-0.25, -0.2) is 9.97 Å². The fourth-order valence-corrected chi connectivity index (χ4v) is 3.52. The zero-order valence-electron chi connectivity index (χ0n) is 15.0. The summed E-state index contributed by atoms with van der Waals surface area (Å²) in [6.45, 7) is 12.0. The van der Waals surface area contributed by atoms with Gasteiger partial charge in [-0.15, -0.1) is 11.3 Å². The number of carbonyl (C=O) groups is 1. The molecule has 2 N–H and O–H groups in total. The molecule has 0 fully saturated rings. The van der Waals surface area contributed by atoms with Gasteiger partial charge in [-0.1, -0.05) is 20.8 Å². The van der Waals surface area contributed by atoms with Crippen molar-refractivity contribution in [3.05, 3.63) is 16.8 Å². The number of hydrogen-bond acceptors (Lipinski definition) is 6. The van der Waals surface area contributed by atoms with E-state index in [1.54, 1.807) is 11.3 Å². The van der Waals surface area contributed by atoms with Gasteiger partial charge in [0, 0.05) is 18.0 Å². The number of hydrogen-bond donors (Lipinski definition) is 2. The van der Waals surface area contributed by atoms with Crippen molar-refractivity contribution in [1.29, 1.82) is 0 Å². The highest BCUT2D eigenvalue weighted by molar-refractivity contribution is 7.18. The molecule has 1 amide bonds. The Labute approximate surface area is 147 Å². The smallest absolute Gasteiger partial charge is 0.239 e. The summed E-state index contributed by atoms with van der Waals surface area (Å²) >= 11 is 1.68. The number of amides is 1. The lowest BCUT2D eigenvalue weighted by molar-refractivity contribution is -0.119. The number of carbonyl (C=O) groups excluding carboxylic acids is 1. The molecule has 0 saturated heterocycles. The fraction of sp³-hybridized carbons (Fsp3) is 0.588. The van der Waals surface area contributed by atoms with E-state index in [4.69, 9.17) is 0 Å². The lowest BCUT2D eigenvalue weighted by atomic mass is 10.3. The Morgan fingerprint density at radius 2 is 2.00 bits per heavy atom. The van der Waals surface area contributed by atoms with E-state index in [1.165, 1.54) is 4.88 Å². The first-order valence-corrected chi connectivity index (χ1v) is 9.38. The first-order chi connectivity index (χ1) is 11.6. The first kappa shape index (κ1) is 18.6. The maximum Gasteiger partial charge on any atom is 0.239 e. The highest BCUT2D eigenvalue weighted by Gasteiger charge is 2.11. The highest BCUT2D eigenvalue weighted by atomic mass is 32.1. The Bertz CT molecular complexity index is 681. The molecule has 2 heterocycles. The van der Waals surface area contributed by atoms with Crippen LogP contribution in [0.5, 0.6) is 0 Å². The second-order valence-electron chi connectivity index (χ2n) is 5.63. The van der Waals surface area contributed by atoms with Crippen molar-refractivity contribution < 1.29 is 4.79 Å². The summed E-state index contributed by atoms with van der Waals surface area (Å²) in [7, 11) is 0. The third kappa shape index (κ3) is 4.88. The van der Waals surface area contributed by atoms with E-state index in [-0.39, 0.29) is 12.5 Å². The van der Waals surface area contributed by atoms with Gasteiger partial charge in [-0.2, -0.15) is 0 Å². The molecule has 0 aliphatic heterocycles. The normalized spacial score (nSPS) is 11.2. The Morgan fingerprint density at radius 3 is 2.67 bits per heavy atom. The first-order valence-electron chi connectivity index (χ1n) is 8.57. The fourth-order valence-electron chi connectivity index (χ4n) is 2.51. The highest BCUT2D eigenvalue weighted by Crippen LogP contribution is 2.29. The molecule has 0 atom stereocenters. The summed E-state index contributed by atoms with van der Waals surface area (Å²) in [5.41, 5.74) is 0. The molecule has 6 nitrogen and oxygen atoms in total. The van der Waals surface area contributed by atoms with Crippen molar-refractivity contribution in [1.82, 2.24) is 20.2 Å². The number of nitrogens with one attached hydrogen (secondary N) is 2. The number of likely N-dealkylation sites (N-methyl/N-ethyl adjacent to an activating group) is 1. The Balaban J connectivity index is 1.93. The van der Waals surface area contributed by atoms with Gasteiger partial charge in [0.2, 0.25) is 5.91 Å². The topological polar surface area (TPSA) is 70.2 Å². The third-order valence-electron chi connectivity index (χ3n) is 3.97. The summed E-state index contributed by atoms with van der Waals surface area (Å²) in [6.07, 6.45) is 0.978. The molecule has 0 aromatic carbocycles. The van der Waals surface area contributed by atoms with Crippen LogP contribution in [0.3, 0.4) is 0 Å². The number of fused-ring (bicyclic) bond motifs is 1. The van der Waals surface area contributed by atoms with Crippen LogP contribution < -0.4 is 10.6 Å². The van der Waals surface area contributed by atoms with E-state index in [9.17, 15) is 4.79 Å². The third-order valence-corrected chi connectivity index (χ3v) is 5.14. The SMILES string of the molecule is CCc1cc2c(NCC(=O)NCCN(CC)CC)nc(C)nc2s1. The van der Waals surface area contributed by atoms with Crippen LogP contribution in [0, 0.1) is 6.92 Å². The molecule has 0 unspecified atom stereocenters. The molecule has 0 aliphatic rings. The molecule has 7 heteroatoms. The van der Waals surface area contributed by atoms with Gasteiger partial charge in [0.1, 0.15) is 16.5 Å². The second-order valence-corrected chi connectivity index (χ2v) is 6.75. The van der Waals surface area contributed by atoms with E-state index in [2.05, 4.69) is 52.3 Å². The van der Waals surface area contributed by atoms with Crippen molar-refractivity contribution in [2.75, 3.05) is 38.0 Å². The molecule has 24 heavy (non-hydrogen) atoms. The number of nitrogens with zero attached hydrogens (tertiary/aromatic N) is 3. The van der Waals surface area contributed by atoms with Crippen LogP contribution in [-0.2, 0) is 11.2 Å². The Morgan fingerprint density at radius 1 is 1.25 bits per heavy atom. The predicted octanol–water partition coefficient (Wildman–Crippen LogP) is 2.43. The van der Waals surface area contributed by atoms with Gasteiger partial charge in [-0.05, 0) is 32.5 Å². The Hall–Kier alpha value is -1.73. The number of thiophene rings is 1. The van der Waals surface area contributed by atoms with Gasteiger partial charge >= 0.3 is 0 Å². The molecule has 0 aliphatic carbocycles. The van der Waals surface area contributed by atoms with Crippen LogP contribution in [0.15, 0.2) is 6.07 Å². The molecule has 0 radical (unpaired) electrons. The molecule has 132 valence electrons. The molecular weight excluding hydrogens is 322 g/mol. The molecule has 0 bridgehead atoms. The maximum absolute atomic E-state index is 12.0. The number of aryl methyl sites for hydroxylation is 2. The van der Waals surface area contributed by atoms with Gasteiger partial charge < -0.3 is 15.5 Å². The molecule has 2 aromatic rings. The molecule has 0 saturated carbocycles. The second kappa shape index (κ2) is 8.94. The van der Waals surface area contributed by atoms with Crippen LogP contribution in [-0.4, -0.2) is 53.5 Å². The maximum atomic E-state index is 12.0. The Kier molecular flexibility index (Phi) is 6.93. The minimum atomic E-state index is -0.0162. The van der Waals surface area contributed by atoms with E-state index >= 15 is 0 Å².